The summed E-state index contributed by atoms with van der Waals surface area (Å²) in [6, 6.07) is 14.8. The Kier molecular flexibility index (Phi) is 5.64. The molecule has 0 amide bonds. The van der Waals surface area contributed by atoms with Gasteiger partial charge in [0.2, 0.25) is 0 Å². The molecule has 4 heteroatoms. The highest BCUT2D eigenvalue weighted by atomic mass is 16.5. The van der Waals surface area contributed by atoms with E-state index in [1.165, 1.54) is 0 Å². The number of para-hydroxylation sites is 2. The van der Waals surface area contributed by atoms with Crippen LogP contribution in [-0.4, -0.2) is 26.6 Å². The van der Waals surface area contributed by atoms with E-state index < -0.39 is 0 Å². The number of hydrogen-bond acceptors (Lipinski definition) is 4. The Hall–Kier alpha value is -2.49. The van der Waals surface area contributed by atoms with Gasteiger partial charge in [-0.05, 0) is 24.3 Å². The minimum Gasteiger partial charge on any atom is -0.493 e. The average molecular weight is 286 g/mol. The van der Waals surface area contributed by atoms with Crippen molar-refractivity contribution >= 4 is 6.29 Å². The van der Waals surface area contributed by atoms with Crippen molar-refractivity contribution in [3.8, 4) is 17.2 Å². The molecule has 0 saturated carbocycles. The molecule has 0 aliphatic rings. The lowest BCUT2D eigenvalue weighted by atomic mass is 10.2. The van der Waals surface area contributed by atoms with E-state index in [-0.39, 0.29) is 0 Å². The van der Waals surface area contributed by atoms with Gasteiger partial charge in [0.25, 0.3) is 0 Å². The van der Waals surface area contributed by atoms with E-state index in [1.807, 2.05) is 30.3 Å². The van der Waals surface area contributed by atoms with Gasteiger partial charge < -0.3 is 14.2 Å². The lowest BCUT2D eigenvalue weighted by Crippen LogP contribution is -2.07. The maximum absolute atomic E-state index is 11.0. The molecule has 0 heterocycles. The van der Waals surface area contributed by atoms with Crippen LogP contribution >= 0.6 is 0 Å². The molecule has 0 bridgehead atoms. The van der Waals surface area contributed by atoms with Crippen LogP contribution in [0.5, 0.6) is 17.2 Å². The first-order valence-electron chi connectivity index (χ1n) is 6.78. The molecule has 0 fully saturated rings. The van der Waals surface area contributed by atoms with E-state index in [1.54, 1.807) is 25.3 Å². The quantitative estimate of drug-likeness (QED) is 0.551. The van der Waals surface area contributed by atoms with Crippen LogP contribution in [0, 0.1) is 0 Å². The van der Waals surface area contributed by atoms with Gasteiger partial charge in [0.05, 0.1) is 25.9 Å². The standard InChI is InChI=1S/C17H18O4/c1-19-16-10-5-7-14(13-18)17(16)21-12-6-11-20-15-8-3-2-4-9-15/h2-5,7-10,13H,6,11-12H2,1H3. The summed E-state index contributed by atoms with van der Waals surface area (Å²) in [7, 11) is 1.55. The van der Waals surface area contributed by atoms with Crippen LogP contribution in [0.15, 0.2) is 48.5 Å². The second-order valence-corrected chi connectivity index (χ2v) is 4.36. The van der Waals surface area contributed by atoms with Crippen molar-refractivity contribution in [3.63, 3.8) is 0 Å². The Labute approximate surface area is 124 Å². The van der Waals surface area contributed by atoms with Gasteiger partial charge in [-0.1, -0.05) is 24.3 Å². The summed E-state index contributed by atoms with van der Waals surface area (Å²) in [6.07, 6.45) is 1.48. The van der Waals surface area contributed by atoms with Crippen molar-refractivity contribution in [1.82, 2.24) is 0 Å². The molecule has 0 unspecified atom stereocenters. The number of aldehydes is 1. The zero-order valence-electron chi connectivity index (χ0n) is 12.0. The molecule has 0 radical (unpaired) electrons. The first-order valence-corrected chi connectivity index (χ1v) is 6.78. The zero-order chi connectivity index (χ0) is 14.9. The highest BCUT2D eigenvalue weighted by molar-refractivity contribution is 5.81. The molecule has 110 valence electrons. The molecule has 0 spiro atoms. The van der Waals surface area contributed by atoms with Crippen molar-refractivity contribution in [1.29, 1.82) is 0 Å². The third-order valence-electron chi connectivity index (χ3n) is 2.90. The maximum atomic E-state index is 11.0. The molecule has 21 heavy (non-hydrogen) atoms. The lowest BCUT2D eigenvalue weighted by molar-refractivity contribution is 0.111. The molecular formula is C17H18O4. The Morgan fingerprint density at radius 1 is 0.952 bits per heavy atom. The minimum atomic E-state index is 0.452. The molecule has 0 aliphatic carbocycles. The maximum Gasteiger partial charge on any atom is 0.171 e. The number of methoxy groups -OCH3 is 1. The summed E-state index contributed by atoms with van der Waals surface area (Å²) in [5, 5.41) is 0. The van der Waals surface area contributed by atoms with Crippen molar-refractivity contribution < 1.29 is 19.0 Å². The fraction of sp³-hybridized carbons (Fsp3) is 0.235. The average Bonchev–Trinajstić information content (AvgIpc) is 2.55. The molecule has 0 saturated heterocycles. The molecule has 2 aromatic carbocycles. The molecule has 2 aromatic rings. The second kappa shape index (κ2) is 7.94. The van der Waals surface area contributed by atoms with E-state index in [2.05, 4.69) is 0 Å². The van der Waals surface area contributed by atoms with Gasteiger partial charge in [-0.3, -0.25) is 4.79 Å². The Morgan fingerprint density at radius 3 is 2.43 bits per heavy atom. The molecule has 4 nitrogen and oxygen atoms in total. The summed E-state index contributed by atoms with van der Waals surface area (Å²) >= 11 is 0. The first kappa shape index (κ1) is 14.9. The molecule has 0 atom stereocenters. The number of hydrogen-bond donors (Lipinski definition) is 0. The Bertz CT molecular complexity index is 566. The summed E-state index contributed by atoms with van der Waals surface area (Å²) in [5.41, 5.74) is 0.485. The summed E-state index contributed by atoms with van der Waals surface area (Å²) in [5.74, 6) is 1.88. The molecule has 0 N–H and O–H groups in total. The largest absolute Gasteiger partial charge is 0.493 e. The van der Waals surface area contributed by atoms with Crippen LogP contribution < -0.4 is 14.2 Å². The second-order valence-electron chi connectivity index (χ2n) is 4.36. The van der Waals surface area contributed by atoms with Crippen molar-refractivity contribution in [2.45, 2.75) is 6.42 Å². The van der Waals surface area contributed by atoms with Crippen LogP contribution in [0.2, 0.25) is 0 Å². The molecule has 0 aromatic heterocycles. The van der Waals surface area contributed by atoms with Crippen molar-refractivity contribution in [2.75, 3.05) is 20.3 Å². The van der Waals surface area contributed by atoms with Crippen LogP contribution in [0.4, 0.5) is 0 Å². The molecule has 2 rings (SSSR count). The van der Waals surface area contributed by atoms with Crippen molar-refractivity contribution in [2.24, 2.45) is 0 Å². The number of ether oxygens (including phenoxy) is 3. The SMILES string of the molecule is COc1cccc(C=O)c1OCCCOc1ccccc1. The van der Waals surface area contributed by atoms with Crippen LogP contribution in [0.25, 0.3) is 0 Å². The highest BCUT2D eigenvalue weighted by Crippen LogP contribution is 2.30. The first-order chi connectivity index (χ1) is 10.3. The van der Waals surface area contributed by atoms with Gasteiger partial charge >= 0.3 is 0 Å². The van der Waals surface area contributed by atoms with Crippen LogP contribution in [-0.2, 0) is 0 Å². The van der Waals surface area contributed by atoms with E-state index >= 15 is 0 Å². The van der Waals surface area contributed by atoms with Gasteiger partial charge in [0, 0.05) is 6.42 Å². The zero-order valence-corrected chi connectivity index (χ0v) is 12.0. The predicted octanol–water partition coefficient (Wildman–Crippen LogP) is 3.36. The monoisotopic (exact) mass is 286 g/mol. The lowest BCUT2D eigenvalue weighted by Gasteiger charge is -2.12. The minimum absolute atomic E-state index is 0.452. The van der Waals surface area contributed by atoms with E-state index in [9.17, 15) is 4.79 Å². The third kappa shape index (κ3) is 4.24. The van der Waals surface area contributed by atoms with Gasteiger partial charge in [-0.15, -0.1) is 0 Å². The van der Waals surface area contributed by atoms with Gasteiger partial charge in [-0.25, -0.2) is 0 Å². The molecule has 0 aliphatic heterocycles. The topological polar surface area (TPSA) is 44.8 Å². The van der Waals surface area contributed by atoms with Crippen molar-refractivity contribution in [3.05, 3.63) is 54.1 Å². The van der Waals surface area contributed by atoms with Gasteiger partial charge in [-0.2, -0.15) is 0 Å². The van der Waals surface area contributed by atoms with Crippen LogP contribution in [0.3, 0.4) is 0 Å². The smallest absolute Gasteiger partial charge is 0.171 e. The fourth-order valence-electron chi connectivity index (χ4n) is 1.88. The highest BCUT2D eigenvalue weighted by Gasteiger charge is 2.09. The molecular weight excluding hydrogens is 268 g/mol. The fourth-order valence-corrected chi connectivity index (χ4v) is 1.88. The summed E-state index contributed by atoms with van der Waals surface area (Å²) < 4.78 is 16.4. The van der Waals surface area contributed by atoms with Gasteiger partial charge in [0.1, 0.15) is 5.75 Å². The number of carbonyl (C=O) groups excluding carboxylic acids is 1. The number of carbonyl (C=O) groups is 1. The van der Waals surface area contributed by atoms with E-state index in [4.69, 9.17) is 14.2 Å². The van der Waals surface area contributed by atoms with E-state index in [0.717, 1.165) is 12.0 Å². The summed E-state index contributed by atoms with van der Waals surface area (Å²) in [4.78, 5) is 11.0. The number of rotatable bonds is 8. The Morgan fingerprint density at radius 2 is 1.71 bits per heavy atom. The predicted molar refractivity (Wildman–Crippen MR) is 80.4 cm³/mol. The number of benzene rings is 2. The summed E-state index contributed by atoms with van der Waals surface area (Å²) in [6.45, 7) is 1.00. The third-order valence-corrected chi connectivity index (χ3v) is 2.90. The normalized spacial score (nSPS) is 9.95. The Balaban J connectivity index is 1.82. The van der Waals surface area contributed by atoms with E-state index in [0.29, 0.717) is 36.7 Å². The van der Waals surface area contributed by atoms with Crippen LogP contribution in [0.1, 0.15) is 16.8 Å². The van der Waals surface area contributed by atoms with Gasteiger partial charge in [0.15, 0.2) is 17.8 Å².